The highest BCUT2D eigenvalue weighted by atomic mass is 79.9. The van der Waals surface area contributed by atoms with Gasteiger partial charge in [0.2, 0.25) is 0 Å². The van der Waals surface area contributed by atoms with E-state index in [9.17, 15) is 10.1 Å². The third-order valence-corrected chi connectivity index (χ3v) is 3.95. The molecule has 2 aromatic carbocycles. The molecular formula is C13H9BrCl2N2O2. The third kappa shape index (κ3) is 3.62. The van der Waals surface area contributed by atoms with Gasteiger partial charge in [-0.1, -0.05) is 35.3 Å². The van der Waals surface area contributed by atoms with Crippen LogP contribution in [0.15, 0.2) is 40.9 Å². The molecule has 0 aliphatic heterocycles. The van der Waals surface area contributed by atoms with E-state index in [0.717, 1.165) is 11.3 Å². The summed E-state index contributed by atoms with van der Waals surface area (Å²) in [5.41, 5.74) is 1.56. The Bertz CT molecular complexity index is 645. The molecule has 0 atom stereocenters. The second-order valence-corrected chi connectivity index (χ2v) is 5.68. The monoisotopic (exact) mass is 374 g/mol. The lowest BCUT2D eigenvalue weighted by Crippen LogP contribution is -2.01. The summed E-state index contributed by atoms with van der Waals surface area (Å²) in [5.74, 6) is 0. The Kier molecular flexibility index (Phi) is 4.86. The zero-order valence-corrected chi connectivity index (χ0v) is 13.2. The summed E-state index contributed by atoms with van der Waals surface area (Å²) in [4.78, 5) is 10.4. The fourth-order valence-electron chi connectivity index (χ4n) is 1.70. The van der Waals surface area contributed by atoms with E-state index >= 15 is 0 Å². The highest BCUT2D eigenvalue weighted by Crippen LogP contribution is 2.29. The molecule has 0 heterocycles. The van der Waals surface area contributed by atoms with Crippen molar-refractivity contribution in [2.75, 3.05) is 5.32 Å². The third-order valence-electron chi connectivity index (χ3n) is 2.60. The van der Waals surface area contributed by atoms with Gasteiger partial charge in [-0.2, -0.15) is 0 Å². The van der Waals surface area contributed by atoms with Gasteiger partial charge in [-0.3, -0.25) is 10.1 Å². The minimum Gasteiger partial charge on any atom is -0.381 e. The molecule has 7 heteroatoms. The van der Waals surface area contributed by atoms with Gasteiger partial charge in [0.25, 0.3) is 5.69 Å². The van der Waals surface area contributed by atoms with E-state index < -0.39 is 4.92 Å². The highest BCUT2D eigenvalue weighted by Gasteiger charge is 2.14. The van der Waals surface area contributed by atoms with Crippen LogP contribution in [0.4, 0.5) is 11.4 Å². The molecule has 0 saturated carbocycles. The van der Waals surface area contributed by atoms with Crippen molar-refractivity contribution in [1.29, 1.82) is 0 Å². The summed E-state index contributed by atoms with van der Waals surface area (Å²) < 4.78 is 0.464. The Morgan fingerprint density at radius 2 is 1.85 bits per heavy atom. The van der Waals surface area contributed by atoms with Gasteiger partial charge in [-0.25, -0.2) is 0 Å². The molecule has 104 valence electrons. The molecule has 0 aromatic heterocycles. The van der Waals surface area contributed by atoms with E-state index in [1.54, 1.807) is 30.3 Å². The molecule has 0 radical (unpaired) electrons. The van der Waals surface area contributed by atoms with E-state index in [1.807, 2.05) is 0 Å². The molecule has 0 fully saturated rings. The molecule has 0 saturated heterocycles. The molecule has 1 N–H and O–H groups in total. The fourth-order valence-corrected chi connectivity index (χ4v) is 2.77. The van der Waals surface area contributed by atoms with Gasteiger partial charge in [0.15, 0.2) is 0 Å². The van der Waals surface area contributed by atoms with E-state index in [4.69, 9.17) is 23.2 Å². The minimum atomic E-state index is -0.427. The van der Waals surface area contributed by atoms with Crippen molar-refractivity contribution in [3.8, 4) is 0 Å². The minimum absolute atomic E-state index is 0.0356. The molecule has 4 nitrogen and oxygen atoms in total. The molecule has 0 spiro atoms. The van der Waals surface area contributed by atoms with Crippen LogP contribution in [0.5, 0.6) is 0 Å². The fraction of sp³-hybridized carbons (Fsp3) is 0.0769. The lowest BCUT2D eigenvalue weighted by molar-refractivity contribution is -0.385. The average molecular weight is 376 g/mol. The number of anilines is 1. The number of nitro benzene ring substituents is 1. The summed E-state index contributed by atoms with van der Waals surface area (Å²) in [6, 6.07) is 10.00. The maximum Gasteiger partial charge on any atom is 0.283 e. The summed E-state index contributed by atoms with van der Waals surface area (Å²) >= 11 is 15.1. The maximum atomic E-state index is 10.9. The van der Waals surface area contributed by atoms with Crippen LogP contribution in [0.3, 0.4) is 0 Å². The lowest BCUT2D eigenvalue weighted by atomic mass is 10.2. The number of halogens is 3. The van der Waals surface area contributed by atoms with Crippen LogP contribution in [-0.2, 0) is 6.54 Å². The van der Waals surface area contributed by atoms with Crippen molar-refractivity contribution >= 4 is 50.5 Å². The first-order valence-electron chi connectivity index (χ1n) is 5.59. The number of hydrogen-bond donors (Lipinski definition) is 1. The SMILES string of the molecule is O=[N+]([O-])c1cccc(CNc2cc(Cl)cc(Cl)c2)c1Br. The quantitative estimate of drug-likeness (QED) is 0.584. The van der Waals surface area contributed by atoms with Crippen LogP contribution in [0.25, 0.3) is 0 Å². The number of hydrogen-bond acceptors (Lipinski definition) is 3. The van der Waals surface area contributed by atoms with Gasteiger partial charge in [-0.15, -0.1) is 0 Å². The van der Waals surface area contributed by atoms with E-state index in [0.29, 0.717) is 21.1 Å². The molecule has 20 heavy (non-hydrogen) atoms. The molecule has 0 unspecified atom stereocenters. The van der Waals surface area contributed by atoms with Gasteiger partial charge in [0.05, 0.1) is 4.92 Å². The average Bonchev–Trinajstić information content (AvgIpc) is 2.36. The van der Waals surface area contributed by atoms with Crippen molar-refractivity contribution in [2.24, 2.45) is 0 Å². The number of nitrogens with one attached hydrogen (secondary N) is 1. The molecule has 0 bridgehead atoms. The second-order valence-electron chi connectivity index (χ2n) is 4.02. The Hall–Kier alpha value is -1.30. The zero-order valence-electron chi connectivity index (χ0n) is 10.1. The first kappa shape index (κ1) is 15.1. The topological polar surface area (TPSA) is 55.2 Å². The van der Waals surface area contributed by atoms with Crippen molar-refractivity contribution < 1.29 is 4.92 Å². The molecule has 0 aliphatic carbocycles. The van der Waals surface area contributed by atoms with Crippen LogP contribution in [-0.4, -0.2) is 4.92 Å². The highest BCUT2D eigenvalue weighted by molar-refractivity contribution is 9.10. The van der Waals surface area contributed by atoms with Crippen molar-refractivity contribution in [3.05, 3.63) is 66.6 Å². The van der Waals surface area contributed by atoms with Crippen molar-refractivity contribution in [1.82, 2.24) is 0 Å². The van der Waals surface area contributed by atoms with Gasteiger partial charge < -0.3 is 5.32 Å². The predicted octanol–water partition coefficient (Wildman–Crippen LogP) is 5.28. The van der Waals surface area contributed by atoms with Crippen LogP contribution in [0.2, 0.25) is 10.0 Å². The first-order valence-corrected chi connectivity index (χ1v) is 7.14. The van der Waals surface area contributed by atoms with Gasteiger partial charge >= 0.3 is 0 Å². The van der Waals surface area contributed by atoms with E-state index in [-0.39, 0.29) is 5.69 Å². The Labute approximate surface area is 134 Å². The van der Waals surface area contributed by atoms with Crippen molar-refractivity contribution in [3.63, 3.8) is 0 Å². The zero-order chi connectivity index (χ0) is 14.7. The molecular weight excluding hydrogens is 367 g/mol. The van der Waals surface area contributed by atoms with Crippen molar-refractivity contribution in [2.45, 2.75) is 6.54 Å². The Morgan fingerprint density at radius 1 is 1.20 bits per heavy atom. The maximum absolute atomic E-state index is 10.9. The molecule has 0 aliphatic rings. The first-order chi connectivity index (χ1) is 9.47. The predicted molar refractivity (Wildman–Crippen MR) is 84.6 cm³/mol. The van der Waals surface area contributed by atoms with Crippen LogP contribution in [0.1, 0.15) is 5.56 Å². The van der Waals surface area contributed by atoms with Crippen LogP contribution >= 0.6 is 39.1 Å². The number of benzene rings is 2. The van der Waals surface area contributed by atoms with Gasteiger partial charge in [0.1, 0.15) is 4.47 Å². The second kappa shape index (κ2) is 6.43. The summed E-state index contributed by atoms with van der Waals surface area (Å²) in [5, 5.41) is 15.0. The normalized spacial score (nSPS) is 10.3. The van der Waals surface area contributed by atoms with Crippen LogP contribution < -0.4 is 5.32 Å². The molecule has 0 amide bonds. The van der Waals surface area contributed by atoms with E-state index in [2.05, 4.69) is 21.2 Å². The van der Waals surface area contributed by atoms with Crippen LogP contribution in [0, 0.1) is 10.1 Å². The Morgan fingerprint density at radius 3 is 2.45 bits per heavy atom. The number of nitro groups is 1. The molecule has 2 aromatic rings. The smallest absolute Gasteiger partial charge is 0.283 e. The summed E-state index contributed by atoms with van der Waals surface area (Å²) in [6.45, 7) is 0.416. The summed E-state index contributed by atoms with van der Waals surface area (Å²) in [7, 11) is 0. The largest absolute Gasteiger partial charge is 0.381 e. The van der Waals surface area contributed by atoms with Gasteiger partial charge in [0, 0.05) is 28.3 Å². The standard InChI is InChI=1S/C13H9BrCl2N2O2/c14-13-8(2-1-3-12(13)18(19)20)7-17-11-5-9(15)4-10(16)6-11/h1-6,17H,7H2. The Balaban J connectivity index is 2.19. The molecule has 2 rings (SSSR count). The van der Waals surface area contributed by atoms with E-state index in [1.165, 1.54) is 6.07 Å². The summed E-state index contributed by atoms with van der Waals surface area (Å²) in [6.07, 6.45) is 0. The van der Waals surface area contributed by atoms with Gasteiger partial charge in [-0.05, 0) is 39.7 Å². The lowest BCUT2D eigenvalue weighted by Gasteiger charge is -2.09. The number of nitrogens with zero attached hydrogens (tertiary/aromatic N) is 1. The number of rotatable bonds is 4.